The van der Waals surface area contributed by atoms with Crippen LogP contribution in [0.3, 0.4) is 0 Å². The van der Waals surface area contributed by atoms with Crippen LogP contribution in [0.1, 0.15) is 25.5 Å². The molecule has 7 nitrogen and oxygen atoms in total. The molecule has 1 aromatic rings. The van der Waals surface area contributed by atoms with Gasteiger partial charge in [-0.15, -0.1) is 5.10 Å². The van der Waals surface area contributed by atoms with Gasteiger partial charge in [0.15, 0.2) is 5.82 Å². The van der Waals surface area contributed by atoms with E-state index in [1.54, 1.807) is 11.2 Å². The van der Waals surface area contributed by atoms with Crippen molar-refractivity contribution in [3.8, 4) is 0 Å². The SMILES string of the molecule is CCS(=O)(=O)N1CCC[C@]2(COCCN(c3ccc(C)nn3)C2)C1. The van der Waals surface area contributed by atoms with E-state index in [4.69, 9.17) is 4.74 Å². The van der Waals surface area contributed by atoms with Crippen molar-refractivity contribution in [1.82, 2.24) is 14.5 Å². The topological polar surface area (TPSA) is 75.6 Å². The van der Waals surface area contributed by atoms with E-state index in [1.165, 1.54) is 0 Å². The van der Waals surface area contributed by atoms with Gasteiger partial charge in [0, 0.05) is 31.6 Å². The largest absolute Gasteiger partial charge is 0.379 e. The minimum atomic E-state index is -3.16. The van der Waals surface area contributed by atoms with Gasteiger partial charge < -0.3 is 9.64 Å². The standard InChI is InChI=1S/C16H26N4O3S/c1-3-24(21,22)20-8-4-7-16(12-20)11-19(9-10-23-13-16)15-6-5-14(2)17-18-15/h5-6H,3-4,7-13H2,1-2H3/t16-/m1/s1. The van der Waals surface area contributed by atoms with Crippen molar-refractivity contribution in [2.45, 2.75) is 26.7 Å². The zero-order valence-electron chi connectivity index (χ0n) is 14.4. The molecule has 134 valence electrons. The average molecular weight is 354 g/mol. The van der Waals surface area contributed by atoms with Gasteiger partial charge in [0.2, 0.25) is 10.0 Å². The molecule has 1 aromatic heterocycles. The normalized spacial score (nSPS) is 26.5. The van der Waals surface area contributed by atoms with Crippen LogP contribution in [-0.4, -0.2) is 68.1 Å². The molecular weight excluding hydrogens is 328 g/mol. The fourth-order valence-corrected chi connectivity index (χ4v) is 4.82. The highest BCUT2D eigenvalue weighted by Gasteiger charge is 2.42. The molecular formula is C16H26N4O3S. The molecule has 0 amide bonds. The van der Waals surface area contributed by atoms with Crippen LogP contribution < -0.4 is 4.90 Å². The second kappa shape index (κ2) is 6.93. The van der Waals surface area contributed by atoms with Crippen LogP contribution in [-0.2, 0) is 14.8 Å². The number of aromatic nitrogens is 2. The number of hydrogen-bond donors (Lipinski definition) is 0. The van der Waals surface area contributed by atoms with Gasteiger partial charge in [-0.25, -0.2) is 12.7 Å². The van der Waals surface area contributed by atoms with Crippen LogP contribution in [0, 0.1) is 12.3 Å². The minimum absolute atomic E-state index is 0.150. The Labute approximate surface area is 144 Å². The number of sulfonamides is 1. The number of rotatable bonds is 3. The average Bonchev–Trinajstić information content (AvgIpc) is 2.78. The van der Waals surface area contributed by atoms with E-state index in [2.05, 4.69) is 15.1 Å². The van der Waals surface area contributed by atoms with Crippen LogP contribution in [0.4, 0.5) is 5.82 Å². The number of piperidine rings is 1. The lowest BCUT2D eigenvalue weighted by molar-refractivity contribution is 0.0350. The number of anilines is 1. The zero-order chi connectivity index (χ0) is 17.2. The molecule has 8 heteroatoms. The van der Waals surface area contributed by atoms with Crippen molar-refractivity contribution in [2.24, 2.45) is 5.41 Å². The molecule has 1 atom stereocenters. The minimum Gasteiger partial charge on any atom is -0.379 e. The van der Waals surface area contributed by atoms with Crippen molar-refractivity contribution in [1.29, 1.82) is 0 Å². The van der Waals surface area contributed by atoms with Gasteiger partial charge in [-0.05, 0) is 38.8 Å². The number of ether oxygens (including phenoxy) is 1. The van der Waals surface area contributed by atoms with Crippen LogP contribution in [0.25, 0.3) is 0 Å². The first-order valence-electron chi connectivity index (χ1n) is 8.55. The van der Waals surface area contributed by atoms with Gasteiger partial charge >= 0.3 is 0 Å². The molecule has 0 aliphatic carbocycles. The lowest BCUT2D eigenvalue weighted by atomic mass is 9.81. The molecule has 3 heterocycles. The Morgan fingerprint density at radius 3 is 2.79 bits per heavy atom. The molecule has 0 aromatic carbocycles. The second-order valence-corrected chi connectivity index (χ2v) is 9.10. The predicted octanol–water partition coefficient (Wildman–Crippen LogP) is 1.05. The number of hydrogen-bond acceptors (Lipinski definition) is 6. The molecule has 2 aliphatic rings. The maximum Gasteiger partial charge on any atom is 0.213 e. The molecule has 0 bridgehead atoms. The van der Waals surface area contributed by atoms with Gasteiger partial charge in [0.25, 0.3) is 0 Å². The molecule has 1 spiro atoms. The van der Waals surface area contributed by atoms with E-state index in [0.29, 0.717) is 26.3 Å². The van der Waals surface area contributed by atoms with E-state index in [1.807, 2.05) is 19.1 Å². The van der Waals surface area contributed by atoms with Crippen molar-refractivity contribution >= 4 is 15.8 Å². The Morgan fingerprint density at radius 2 is 2.08 bits per heavy atom. The van der Waals surface area contributed by atoms with E-state index in [-0.39, 0.29) is 11.2 Å². The molecule has 3 rings (SSSR count). The molecule has 0 N–H and O–H groups in total. The Balaban J connectivity index is 1.82. The first-order valence-corrected chi connectivity index (χ1v) is 10.2. The molecule has 2 fully saturated rings. The van der Waals surface area contributed by atoms with Gasteiger partial charge in [-0.3, -0.25) is 0 Å². The highest BCUT2D eigenvalue weighted by atomic mass is 32.2. The van der Waals surface area contributed by atoms with Crippen molar-refractivity contribution < 1.29 is 13.2 Å². The Hall–Kier alpha value is -1.25. The fourth-order valence-electron chi connectivity index (χ4n) is 3.58. The number of nitrogens with zero attached hydrogens (tertiary/aromatic N) is 4. The third kappa shape index (κ3) is 3.70. The molecule has 24 heavy (non-hydrogen) atoms. The van der Waals surface area contributed by atoms with E-state index < -0.39 is 10.0 Å². The van der Waals surface area contributed by atoms with Crippen molar-refractivity contribution in [3.05, 3.63) is 17.8 Å². The van der Waals surface area contributed by atoms with Crippen molar-refractivity contribution in [2.75, 3.05) is 50.0 Å². The van der Waals surface area contributed by atoms with E-state index in [9.17, 15) is 8.42 Å². The predicted molar refractivity (Wildman–Crippen MR) is 92.5 cm³/mol. The maximum atomic E-state index is 12.3. The zero-order valence-corrected chi connectivity index (χ0v) is 15.3. The third-order valence-electron chi connectivity index (χ3n) is 4.93. The smallest absolute Gasteiger partial charge is 0.213 e. The number of aryl methyl sites for hydroxylation is 1. The first-order chi connectivity index (χ1) is 11.4. The summed E-state index contributed by atoms with van der Waals surface area (Å²) in [6, 6.07) is 3.93. The molecule has 2 aliphatic heterocycles. The summed E-state index contributed by atoms with van der Waals surface area (Å²) in [7, 11) is -3.16. The van der Waals surface area contributed by atoms with Crippen LogP contribution in [0.15, 0.2) is 12.1 Å². The highest BCUT2D eigenvalue weighted by molar-refractivity contribution is 7.89. The van der Waals surface area contributed by atoms with Crippen molar-refractivity contribution in [3.63, 3.8) is 0 Å². The summed E-state index contributed by atoms with van der Waals surface area (Å²) in [6.07, 6.45) is 1.84. The summed E-state index contributed by atoms with van der Waals surface area (Å²) >= 11 is 0. The van der Waals surface area contributed by atoms with E-state index >= 15 is 0 Å². The second-order valence-electron chi connectivity index (χ2n) is 6.84. The lowest BCUT2D eigenvalue weighted by Crippen LogP contribution is -2.52. The molecule has 0 unspecified atom stereocenters. The fraction of sp³-hybridized carbons (Fsp3) is 0.750. The molecule has 0 radical (unpaired) electrons. The Kier molecular flexibility index (Phi) is 5.08. The van der Waals surface area contributed by atoms with Gasteiger partial charge in [-0.2, -0.15) is 5.10 Å². The highest BCUT2D eigenvalue weighted by Crippen LogP contribution is 2.35. The summed E-state index contributed by atoms with van der Waals surface area (Å²) in [4.78, 5) is 2.18. The lowest BCUT2D eigenvalue weighted by Gasteiger charge is -2.43. The summed E-state index contributed by atoms with van der Waals surface area (Å²) < 4.78 is 32.1. The first kappa shape index (κ1) is 17.6. The molecule has 2 saturated heterocycles. The summed E-state index contributed by atoms with van der Waals surface area (Å²) in [6.45, 7) is 7.48. The van der Waals surface area contributed by atoms with Gasteiger partial charge in [-0.1, -0.05) is 0 Å². The van der Waals surface area contributed by atoms with Gasteiger partial charge in [0.05, 0.1) is 24.7 Å². The van der Waals surface area contributed by atoms with Gasteiger partial charge in [0.1, 0.15) is 0 Å². The maximum absolute atomic E-state index is 12.3. The summed E-state index contributed by atoms with van der Waals surface area (Å²) in [5.41, 5.74) is 0.709. The quantitative estimate of drug-likeness (QED) is 0.808. The summed E-state index contributed by atoms with van der Waals surface area (Å²) in [5.74, 6) is 0.984. The molecule has 0 saturated carbocycles. The Bertz CT molecular complexity index is 664. The van der Waals surface area contributed by atoms with Crippen LogP contribution in [0.5, 0.6) is 0 Å². The van der Waals surface area contributed by atoms with Crippen LogP contribution >= 0.6 is 0 Å². The third-order valence-corrected chi connectivity index (χ3v) is 6.76. The monoisotopic (exact) mass is 354 g/mol. The Morgan fingerprint density at radius 1 is 1.25 bits per heavy atom. The summed E-state index contributed by atoms with van der Waals surface area (Å²) in [5, 5.41) is 8.44. The van der Waals surface area contributed by atoms with E-state index in [0.717, 1.165) is 37.4 Å². The van der Waals surface area contributed by atoms with Crippen LogP contribution in [0.2, 0.25) is 0 Å².